The van der Waals surface area contributed by atoms with E-state index in [2.05, 4.69) is 26.3 Å². The summed E-state index contributed by atoms with van der Waals surface area (Å²) in [5.41, 5.74) is 3.23. The maximum absolute atomic E-state index is 12.0. The van der Waals surface area contributed by atoms with Gasteiger partial charge in [-0.05, 0) is 24.6 Å². The quantitative estimate of drug-likeness (QED) is 0.886. The molecule has 0 saturated heterocycles. The summed E-state index contributed by atoms with van der Waals surface area (Å²) in [5.74, 6) is -0.188. The Kier molecular flexibility index (Phi) is 3.81. The van der Waals surface area contributed by atoms with Gasteiger partial charge in [0.1, 0.15) is 0 Å². The highest BCUT2D eigenvalue weighted by Gasteiger charge is 2.12. The van der Waals surface area contributed by atoms with E-state index in [0.29, 0.717) is 11.0 Å². The number of nitrogens with one attached hydrogen (secondary N) is 1. The molecule has 0 aliphatic heterocycles. The molecule has 0 fully saturated rings. The van der Waals surface area contributed by atoms with Crippen molar-refractivity contribution in [3.05, 3.63) is 47.3 Å². The van der Waals surface area contributed by atoms with Crippen LogP contribution in [0.2, 0.25) is 0 Å². The van der Waals surface area contributed by atoms with Gasteiger partial charge < -0.3 is 5.32 Å². The number of carbonyl (C=O) groups is 1. The highest BCUT2D eigenvalue weighted by atomic mass is 79.9. The van der Waals surface area contributed by atoms with Gasteiger partial charge in [0.05, 0.1) is 0 Å². The Morgan fingerprint density at radius 3 is 2.78 bits per heavy atom. The van der Waals surface area contributed by atoms with Crippen molar-refractivity contribution in [3.63, 3.8) is 0 Å². The van der Waals surface area contributed by atoms with Crippen molar-refractivity contribution >= 4 is 27.5 Å². The molecule has 0 atom stereocenters. The number of anilines is 1. The van der Waals surface area contributed by atoms with E-state index in [0.717, 1.165) is 16.9 Å². The second-order valence-electron chi connectivity index (χ2n) is 4.04. The molecule has 94 valence electrons. The molecule has 0 radical (unpaired) electrons. The highest BCUT2D eigenvalue weighted by molar-refractivity contribution is 9.08. The van der Waals surface area contributed by atoms with Crippen molar-refractivity contribution < 1.29 is 4.79 Å². The van der Waals surface area contributed by atoms with Crippen LogP contribution in [0, 0.1) is 6.92 Å². The summed E-state index contributed by atoms with van der Waals surface area (Å²) in [5, 5.41) is 7.73. The molecule has 2 aromatic rings. The Balaban J connectivity index is 2.21. The van der Waals surface area contributed by atoms with Crippen LogP contribution in [0.3, 0.4) is 0 Å². The Morgan fingerprint density at radius 1 is 1.44 bits per heavy atom. The topological polar surface area (TPSA) is 46.9 Å². The Hall–Kier alpha value is -1.62. The normalized spacial score (nSPS) is 10.4. The van der Waals surface area contributed by atoms with E-state index in [1.54, 1.807) is 10.7 Å². The van der Waals surface area contributed by atoms with Crippen LogP contribution in [0.1, 0.15) is 21.7 Å². The predicted molar refractivity (Wildman–Crippen MR) is 75.0 cm³/mol. The summed E-state index contributed by atoms with van der Waals surface area (Å²) < 4.78 is 1.69. The Morgan fingerprint density at radius 2 is 2.17 bits per heavy atom. The molecule has 0 aliphatic rings. The third kappa shape index (κ3) is 2.61. The molecule has 18 heavy (non-hydrogen) atoms. The molecular weight excluding hydrogens is 294 g/mol. The summed E-state index contributed by atoms with van der Waals surface area (Å²) in [6.07, 6.45) is 0. The molecule has 0 bridgehead atoms. The molecule has 1 N–H and O–H groups in total. The van der Waals surface area contributed by atoms with E-state index in [4.69, 9.17) is 0 Å². The fraction of sp³-hybridized carbons (Fsp3) is 0.231. The number of hydrogen-bond acceptors (Lipinski definition) is 2. The molecule has 1 aromatic carbocycles. The van der Waals surface area contributed by atoms with Crippen LogP contribution >= 0.6 is 15.9 Å². The lowest BCUT2D eigenvalue weighted by atomic mass is 10.2. The van der Waals surface area contributed by atoms with Crippen molar-refractivity contribution in [2.24, 2.45) is 7.05 Å². The monoisotopic (exact) mass is 307 g/mol. The number of carbonyl (C=O) groups excluding carboxylic acids is 1. The van der Waals surface area contributed by atoms with Crippen molar-refractivity contribution in [3.8, 4) is 0 Å². The van der Waals surface area contributed by atoms with Crippen LogP contribution in [-0.2, 0) is 12.4 Å². The summed E-state index contributed by atoms with van der Waals surface area (Å²) in [4.78, 5) is 12.0. The average Bonchev–Trinajstić information content (AvgIpc) is 2.70. The number of rotatable bonds is 3. The molecular formula is C13H14BrN3O. The largest absolute Gasteiger partial charge is 0.320 e. The molecule has 1 heterocycles. The Bertz CT molecular complexity index is 558. The Labute approximate surface area is 114 Å². The fourth-order valence-electron chi connectivity index (χ4n) is 1.62. The van der Waals surface area contributed by atoms with Gasteiger partial charge in [-0.2, -0.15) is 5.10 Å². The lowest BCUT2D eigenvalue weighted by molar-refractivity contribution is 0.102. The van der Waals surface area contributed by atoms with Crippen LogP contribution < -0.4 is 5.32 Å². The van der Waals surface area contributed by atoms with Gasteiger partial charge in [0, 0.05) is 23.8 Å². The van der Waals surface area contributed by atoms with E-state index >= 15 is 0 Å². The van der Waals surface area contributed by atoms with E-state index < -0.39 is 0 Å². The third-order valence-corrected chi connectivity index (χ3v) is 3.36. The molecule has 0 unspecified atom stereocenters. The third-order valence-electron chi connectivity index (χ3n) is 2.76. The summed E-state index contributed by atoms with van der Waals surface area (Å²) in [7, 11) is 1.82. The van der Waals surface area contributed by atoms with Crippen molar-refractivity contribution in [1.82, 2.24) is 9.78 Å². The minimum atomic E-state index is -0.188. The minimum Gasteiger partial charge on any atom is -0.320 e. The van der Waals surface area contributed by atoms with Crippen LogP contribution in [0.25, 0.3) is 0 Å². The molecule has 2 rings (SSSR count). The molecule has 4 nitrogen and oxygen atoms in total. The van der Waals surface area contributed by atoms with E-state index in [1.165, 1.54) is 0 Å². The molecule has 0 spiro atoms. The molecule has 1 aromatic heterocycles. The zero-order valence-electron chi connectivity index (χ0n) is 10.3. The number of aromatic nitrogens is 2. The first-order valence-electron chi connectivity index (χ1n) is 5.57. The number of nitrogens with zero attached hydrogens (tertiary/aromatic N) is 2. The number of benzene rings is 1. The van der Waals surface area contributed by atoms with Gasteiger partial charge in [-0.3, -0.25) is 9.48 Å². The summed E-state index contributed by atoms with van der Waals surface area (Å²) in [6, 6.07) is 9.45. The first-order valence-corrected chi connectivity index (χ1v) is 6.70. The van der Waals surface area contributed by atoms with Crippen LogP contribution in [0.5, 0.6) is 0 Å². The van der Waals surface area contributed by atoms with Gasteiger partial charge in [0.25, 0.3) is 5.91 Å². The average molecular weight is 308 g/mol. The molecule has 0 aliphatic carbocycles. The summed E-state index contributed by atoms with van der Waals surface area (Å²) >= 11 is 3.40. The van der Waals surface area contributed by atoms with Crippen LogP contribution in [0.4, 0.5) is 5.69 Å². The van der Waals surface area contributed by atoms with Gasteiger partial charge >= 0.3 is 0 Å². The van der Waals surface area contributed by atoms with Gasteiger partial charge in [0.15, 0.2) is 5.69 Å². The maximum atomic E-state index is 12.0. The standard InChI is InChI=1S/C13H14BrN3O/c1-9-7-12(16-17(9)2)13(18)15-11-6-4-3-5-10(11)8-14/h3-7H,8H2,1-2H3,(H,15,18). The SMILES string of the molecule is Cc1cc(C(=O)Nc2ccccc2CBr)nn1C. The van der Waals surface area contributed by atoms with Gasteiger partial charge in [-0.25, -0.2) is 0 Å². The number of hydrogen-bond donors (Lipinski definition) is 1. The minimum absolute atomic E-state index is 0.188. The summed E-state index contributed by atoms with van der Waals surface area (Å²) in [6.45, 7) is 1.91. The van der Waals surface area contributed by atoms with Crippen LogP contribution in [0.15, 0.2) is 30.3 Å². The maximum Gasteiger partial charge on any atom is 0.276 e. The molecule has 0 saturated carbocycles. The van der Waals surface area contributed by atoms with Gasteiger partial charge in [-0.15, -0.1) is 0 Å². The van der Waals surface area contributed by atoms with Crippen LogP contribution in [-0.4, -0.2) is 15.7 Å². The van der Waals surface area contributed by atoms with Crippen molar-refractivity contribution in [1.29, 1.82) is 0 Å². The number of aryl methyl sites for hydroxylation is 2. The molecule has 5 heteroatoms. The van der Waals surface area contributed by atoms with Gasteiger partial charge in [-0.1, -0.05) is 34.1 Å². The smallest absolute Gasteiger partial charge is 0.276 e. The van der Waals surface area contributed by atoms with E-state index in [-0.39, 0.29) is 5.91 Å². The predicted octanol–water partition coefficient (Wildman–Crippen LogP) is 2.88. The number of para-hydroxylation sites is 1. The lowest BCUT2D eigenvalue weighted by Gasteiger charge is -2.07. The van der Waals surface area contributed by atoms with Crippen molar-refractivity contribution in [2.45, 2.75) is 12.3 Å². The number of alkyl halides is 1. The first-order chi connectivity index (χ1) is 8.61. The number of halogens is 1. The zero-order valence-corrected chi connectivity index (χ0v) is 11.9. The second kappa shape index (κ2) is 5.35. The number of amides is 1. The van der Waals surface area contributed by atoms with E-state index in [1.807, 2.05) is 38.2 Å². The lowest BCUT2D eigenvalue weighted by Crippen LogP contribution is -2.14. The fourth-order valence-corrected chi connectivity index (χ4v) is 2.11. The van der Waals surface area contributed by atoms with E-state index in [9.17, 15) is 4.79 Å². The van der Waals surface area contributed by atoms with Gasteiger partial charge in [0.2, 0.25) is 0 Å². The molecule has 1 amide bonds. The zero-order chi connectivity index (χ0) is 13.1. The first kappa shape index (κ1) is 12.8. The second-order valence-corrected chi connectivity index (χ2v) is 4.60. The highest BCUT2D eigenvalue weighted by Crippen LogP contribution is 2.18. The van der Waals surface area contributed by atoms with Crippen molar-refractivity contribution in [2.75, 3.05) is 5.32 Å².